The SMILES string of the molecule is CCc1ccc(-c2cc(CN)nc(N3CCCC3)n2)cc1.Cl. The monoisotopic (exact) mass is 318 g/mol. The summed E-state index contributed by atoms with van der Waals surface area (Å²) in [5.41, 5.74) is 10.1. The molecule has 5 heteroatoms. The van der Waals surface area contributed by atoms with Crippen molar-refractivity contribution in [1.82, 2.24) is 9.97 Å². The second kappa shape index (κ2) is 7.56. The Balaban J connectivity index is 0.00000176. The molecule has 2 aromatic rings. The Morgan fingerprint density at radius 2 is 1.77 bits per heavy atom. The van der Waals surface area contributed by atoms with Gasteiger partial charge in [-0.05, 0) is 30.9 Å². The van der Waals surface area contributed by atoms with E-state index in [1.54, 1.807) is 0 Å². The van der Waals surface area contributed by atoms with Gasteiger partial charge in [0, 0.05) is 25.2 Å². The molecule has 1 aliphatic heterocycles. The number of rotatable bonds is 4. The van der Waals surface area contributed by atoms with Gasteiger partial charge >= 0.3 is 0 Å². The molecule has 1 saturated heterocycles. The van der Waals surface area contributed by atoms with Crippen molar-refractivity contribution < 1.29 is 0 Å². The lowest BCUT2D eigenvalue weighted by molar-refractivity contribution is 0.870. The van der Waals surface area contributed by atoms with Gasteiger partial charge in [-0.25, -0.2) is 9.97 Å². The Morgan fingerprint density at radius 3 is 2.36 bits per heavy atom. The zero-order chi connectivity index (χ0) is 14.7. The average Bonchev–Trinajstić information content (AvgIpc) is 3.09. The van der Waals surface area contributed by atoms with Gasteiger partial charge in [-0.15, -0.1) is 12.4 Å². The molecular weight excluding hydrogens is 296 g/mol. The molecule has 1 aliphatic rings. The first kappa shape index (κ1) is 16.7. The number of aromatic nitrogens is 2. The predicted octanol–water partition coefficient (Wildman–Crippen LogP) is 3.19. The second-order valence-corrected chi connectivity index (χ2v) is 5.49. The molecule has 2 N–H and O–H groups in total. The summed E-state index contributed by atoms with van der Waals surface area (Å²) in [6.07, 6.45) is 3.49. The Bertz CT molecular complexity index is 607. The first-order chi connectivity index (χ1) is 10.3. The Labute approximate surface area is 138 Å². The number of halogens is 1. The van der Waals surface area contributed by atoms with Crippen LogP contribution in [0.2, 0.25) is 0 Å². The van der Waals surface area contributed by atoms with Crippen LogP contribution in [0.25, 0.3) is 11.3 Å². The number of aryl methyl sites for hydroxylation is 1. The molecule has 0 aliphatic carbocycles. The molecule has 3 rings (SSSR count). The maximum Gasteiger partial charge on any atom is 0.226 e. The third kappa shape index (κ3) is 3.57. The van der Waals surface area contributed by atoms with Crippen molar-refractivity contribution in [1.29, 1.82) is 0 Å². The van der Waals surface area contributed by atoms with Gasteiger partial charge < -0.3 is 10.6 Å². The molecule has 0 unspecified atom stereocenters. The smallest absolute Gasteiger partial charge is 0.226 e. The highest BCUT2D eigenvalue weighted by Gasteiger charge is 2.16. The topological polar surface area (TPSA) is 55.0 Å². The Morgan fingerprint density at radius 1 is 1.09 bits per heavy atom. The van der Waals surface area contributed by atoms with Gasteiger partial charge in [0.25, 0.3) is 0 Å². The van der Waals surface area contributed by atoms with Crippen LogP contribution in [-0.2, 0) is 13.0 Å². The van der Waals surface area contributed by atoms with E-state index >= 15 is 0 Å². The molecule has 22 heavy (non-hydrogen) atoms. The van der Waals surface area contributed by atoms with E-state index in [0.717, 1.165) is 42.4 Å². The van der Waals surface area contributed by atoms with Crippen LogP contribution >= 0.6 is 12.4 Å². The third-order valence-corrected chi connectivity index (χ3v) is 4.02. The van der Waals surface area contributed by atoms with Crippen molar-refractivity contribution >= 4 is 18.4 Å². The summed E-state index contributed by atoms with van der Waals surface area (Å²) in [6, 6.07) is 10.6. The highest BCUT2D eigenvalue weighted by molar-refractivity contribution is 5.85. The van der Waals surface area contributed by atoms with Gasteiger partial charge in [-0.1, -0.05) is 31.2 Å². The second-order valence-electron chi connectivity index (χ2n) is 5.49. The lowest BCUT2D eigenvalue weighted by Crippen LogP contribution is -2.21. The lowest BCUT2D eigenvalue weighted by atomic mass is 10.1. The zero-order valence-corrected chi connectivity index (χ0v) is 13.8. The highest BCUT2D eigenvalue weighted by Crippen LogP contribution is 2.23. The van der Waals surface area contributed by atoms with E-state index in [9.17, 15) is 0 Å². The molecule has 4 nitrogen and oxygen atoms in total. The van der Waals surface area contributed by atoms with Gasteiger partial charge in [0.15, 0.2) is 0 Å². The fourth-order valence-electron chi connectivity index (χ4n) is 2.71. The summed E-state index contributed by atoms with van der Waals surface area (Å²) in [7, 11) is 0. The predicted molar refractivity (Wildman–Crippen MR) is 93.4 cm³/mol. The molecule has 0 spiro atoms. The molecule has 1 aromatic heterocycles. The number of nitrogens with two attached hydrogens (primary N) is 1. The van der Waals surface area contributed by atoms with Crippen LogP contribution in [0.15, 0.2) is 30.3 Å². The van der Waals surface area contributed by atoms with Crippen LogP contribution in [0.5, 0.6) is 0 Å². The van der Waals surface area contributed by atoms with Crippen molar-refractivity contribution in [3.8, 4) is 11.3 Å². The van der Waals surface area contributed by atoms with Crippen LogP contribution in [0.3, 0.4) is 0 Å². The minimum Gasteiger partial charge on any atom is -0.341 e. The van der Waals surface area contributed by atoms with Gasteiger partial charge in [-0.3, -0.25) is 0 Å². The number of hydrogen-bond acceptors (Lipinski definition) is 4. The fraction of sp³-hybridized carbons (Fsp3) is 0.412. The average molecular weight is 319 g/mol. The van der Waals surface area contributed by atoms with E-state index in [0.29, 0.717) is 6.54 Å². The maximum absolute atomic E-state index is 5.80. The summed E-state index contributed by atoms with van der Waals surface area (Å²) in [6.45, 7) is 4.70. The normalized spacial score (nSPS) is 14.0. The van der Waals surface area contributed by atoms with Gasteiger partial charge in [0.05, 0.1) is 11.4 Å². The van der Waals surface area contributed by atoms with Crippen molar-refractivity contribution in [2.24, 2.45) is 5.73 Å². The number of benzene rings is 1. The van der Waals surface area contributed by atoms with E-state index in [1.165, 1.54) is 18.4 Å². The summed E-state index contributed by atoms with van der Waals surface area (Å²) >= 11 is 0. The summed E-state index contributed by atoms with van der Waals surface area (Å²) in [5.74, 6) is 0.824. The number of anilines is 1. The fourth-order valence-corrected chi connectivity index (χ4v) is 2.71. The van der Waals surface area contributed by atoms with Crippen LogP contribution in [0.1, 0.15) is 31.0 Å². The first-order valence-electron chi connectivity index (χ1n) is 7.72. The molecule has 0 atom stereocenters. The lowest BCUT2D eigenvalue weighted by Gasteiger charge is -2.17. The molecule has 0 saturated carbocycles. The minimum atomic E-state index is 0. The minimum absolute atomic E-state index is 0. The molecule has 1 aromatic carbocycles. The van der Waals surface area contributed by atoms with E-state index in [1.807, 2.05) is 6.07 Å². The Kier molecular flexibility index (Phi) is 5.75. The van der Waals surface area contributed by atoms with Gasteiger partial charge in [-0.2, -0.15) is 0 Å². The quantitative estimate of drug-likeness (QED) is 0.940. The van der Waals surface area contributed by atoms with Crippen LogP contribution in [0, 0.1) is 0 Å². The van der Waals surface area contributed by atoms with Crippen LogP contribution in [0.4, 0.5) is 5.95 Å². The maximum atomic E-state index is 5.80. The third-order valence-electron chi connectivity index (χ3n) is 4.02. The van der Waals surface area contributed by atoms with Gasteiger partial charge in [0.1, 0.15) is 0 Å². The first-order valence-corrected chi connectivity index (χ1v) is 7.72. The summed E-state index contributed by atoms with van der Waals surface area (Å²) in [4.78, 5) is 11.6. The molecular formula is C17H23ClN4. The largest absolute Gasteiger partial charge is 0.341 e. The Hall–Kier alpha value is -1.65. The highest BCUT2D eigenvalue weighted by atomic mass is 35.5. The summed E-state index contributed by atoms with van der Waals surface area (Å²) in [5, 5.41) is 0. The van der Waals surface area contributed by atoms with Crippen LogP contribution < -0.4 is 10.6 Å². The van der Waals surface area contributed by atoms with Crippen molar-refractivity contribution in [3.63, 3.8) is 0 Å². The molecule has 118 valence electrons. The van der Waals surface area contributed by atoms with Gasteiger partial charge in [0.2, 0.25) is 5.95 Å². The number of hydrogen-bond donors (Lipinski definition) is 1. The molecule has 0 amide bonds. The van der Waals surface area contributed by atoms with E-state index in [4.69, 9.17) is 10.7 Å². The molecule has 0 bridgehead atoms. The van der Waals surface area contributed by atoms with E-state index in [2.05, 4.69) is 41.1 Å². The standard InChI is InChI=1S/C17H22N4.ClH/c1-2-13-5-7-14(8-6-13)16-11-15(12-18)19-17(20-16)21-9-3-4-10-21;/h5-8,11H,2-4,9-10,12,18H2,1H3;1H. The van der Waals surface area contributed by atoms with E-state index in [-0.39, 0.29) is 12.4 Å². The molecule has 2 heterocycles. The van der Waals surface area contributed by atoms with Crippen molar-refractivity contribution in [2.75, 3.05) is 18.0 Å². The van der Waals surface area contributed by atoms with Crippen molar-refractivity contribution in [2.45, 2.75) is 32.7 Å². The molecule has 0 radical (unpaired) electrons. The zero-order valence-electron chi connectivity index (χ0n) is 13.0. The van der Waals surface area contributed by atoms with E-state index < -0.39 is 0 Å². The number of nitrogens with zero attached hydrogens (tertiary/aromatic N) is 3. The summed E-state index contributed by atoms with van der Waals surface area (Å²) < 4.78 is 0. The molecule has 1 fully saturated rings. The van der Waals surface area contributed by atoms with Crippen LogP contribution in [-0.4, -0.2) is 23.1 Å². The van der Waals surface area contributed by atoms with Crippen molar-refractivity contribution in [3.05, 3.63) is 41.6 Å².